The van der Waals surface area contributed by atoms with Crippen LogP contribution in [0.4, 0.5) is 0 Å². The minimum absolute atomic E-state index is 0.0277. The Morgan fingerprint density at radius 2 is 2.22 bits per heavy atom. The number of hydrogen-bond donors (Lipinski definition) is 1. The van der Waals surface area contributed by atoms with Crippen LogP contribution in [0.3, 0.4) is 0 Å². The predicted molar refractivity (Wildman–Crippen MR) is 35.1 cm³/mol. The molecule has 1 heterocycles. The van der Waals surface area contributed by atoms with E-state index in [1.54, 1.807) is 0 Å². The van der Waals surface area contributed by atoms with E-state index in [2.05, 4.69) is 11.9 Å². The highest BCUT2D eigenvalue weighted by Gasteiger charge is 2.44. The van der Waals surface area contributed by atoms with Crippen LogP contribution in [0.1, 0.15) is 6.42 Å². The summed E-state index contributed by atoms with van der Waals surface area (Å²) in [4.78, 5) is 2.31. The van der Waals surface area contributed by atoms with E-state index in [0.717, 1.165) is 18.9 Å². The molecular formula is C7H13NO. The Morgan fingerprint density at radius 3 is 2.67 bits per heavy atom. The molecule has 1 saturated carbocycles. The smallest absolute Gasteiger partial charge is 0.0587 e. The average Bonchev–Trinajstić information content (AvgIpc) is 2.08. The summed E-state index contributed by atoms with van der Waals surface area (Å²) >= 11 is 0. The van der Waals surface area contributed by atoms with Gasteiger partial charge >= 0.3 is 0 Å². The molecule has 1 aliphatic carbocycles. The Kier molecular flexibility index (Phi) is 1.08. The maximum atomic E-state index is 9.21. The molecule has 2 heteroatoms. The summed E-state index contributed by atoms with van der Waals surface area (Å²) in [5, 5.41) is 9.21. The van der Waals surface area contributed by atoms with Crippen molar-refractivity contribution in [1.82, 2.24) is 4.90 Å². The summed E-state index contributed by atoms with van der Waals surface area (Å²) < 4.78 is 0. The molecule has 9 heavy (non-hydrogen) atoms. The van der Waals surface area contributed by atoms with E-state index in [9.17, 15) is 5.11 Å². The van der Waals surface area contributed by atoms with Gasteiger partial charge in [0.15, 0.2) is 0 Å². The highest BCUT2D eigenvalue weighted by Crippen LogP contribution is 2.39. The van der Waals surface area contributed by atoms with Crippen molar-refractivity contribution in [1.29, 1.82) is 0 Å². The van der Waals surface area contributed by atoms with Gasteiger partial charge in [0.1, 0.15) is 0 Å². The number of nitrogens with zero attached hydrogens (tertiary/aromatic N) is 1. The largest absolute Gasteiger partial charge is 0.393 e. The van der Waals surface area contributed by atoms with Crippen molar-refractivity contribution in [3.05, 3.63) is 0 Å². The van der Waals surface area contributed by atoms with E-state index in [1.165, 1.54) is 6.54 Å². The van der Waals surface area contributed by atoms with Gasteiger partial charge in [0.25, 0.3) is 0 Å². The van der Waals surface area contributed by atoms with Gasteiger partial charge in [0.2, 0.25) is 0 Å². The van der Waals surface area contributed by atoms with Crippen LogP contribution in [-0.2, 0) is 0 Å². The van der Waals surface area contributed by atoms with Crippen molar-refractivity contribution >= 4 is 0 Å². The van der Waals surface area contributed by atoms with Crippen molar-refractivity contribution in [2.75, 3.05) is 20.1 Å². The third kappa shape index (κ3) is 0.700. The van der Waals surface area contributed by atoms with Gasteiger partial charge in [-0.25, -0.2) is 0 Å². The third-order valence-corrected chi connectivity index (χ3v) is 2.71. The van der Waals surface area contributed by atoms with E-state index in [4.69, 9.17) is 0 Å². The Morgan fingerprint density at radius 1 is 1.44 bits per heavy atom. The Bertz CT molecular complexity index is 126. The van der Waals surface area contributed by atoms with Crippen LogP contribution in [0.25, 0.3) is 0 Å². The topological polar surface area (TPSA) is 23.5 Å². The van der Waals surface area contributed by atoms with Crippen molar-refractivity contribution in [3.8, 4) is 0 Å². The summed E-state index contributed by atoms with van der Waals surface area (Å²) in [6, 6.07) is 0. The zero-order valence-corrected chi connectivity index (χ0v) is 5.75. The molecule has 2 nitrogen and oxygen atoms in total. The quantitative estimate of drug-likeness (QED) is 0.492. The first-order chi connectivity index (χ1) is 4.27. The second kappa shape index (κ2) is 1.70. The van der Waals surface area contributed by atoms with Crippen molar-refractivity contribution < 1.29 is 5.11 Å². The Hall–Kier alpha value is -0.0800. The van der Waals surface area contributed by atoms with Gasteiger partial charge in [-0.15, -0.1) is 0 Å². The lowest BCUT2D eigenvalue weighted by Gasteiger charge is -2.35. The first-order valence-corrected chi connectivity index (χ1v) is 3.64. The molecule has 1 N–H and O–H groups in total. The molecule has 0 amide bonds. The second-order valence-corrected chi connectivity index (χ2v) is 3.45. The first kappa shape index (κ1) is 5.69. The average molecular weight is 127 g/mol. The third-order valence-electron chi connectivity index (χ3n) is 2.71. The van der Waals surface area contributed by atoms with Gasteiger partial charge in [0.05, 0.1) is 6.10 Å². The maximum absolute atomic E-state index is 9.21. The Balaban J connectivity index is 2.00. The molecule has 2 rings (SSSR count). The van der Waals surface area contributed by atoms with Crippen molar-refractivity contribution in [3.63, 3.8) is 0 Å². The highest BCUT2D eigenvalue weighted by molar-refractivity contribution is 4.96. The van der Waals surface area contributed by atoms with E-state index in [1.807, 2.05) is 0 Å². The molecular weight excluding hydrogens is 114 g/mol. The van der Waals surface area contributed by atoms with Crippen molar-refractivity contribution in [2.45, 2.75) is 12.5 Å². The summed E-state index contributed by atoms with van der Waals surface area (Å²) in [6.45, 7) is 2.33. The van der Waals surface area contributed by atoms with Gasteiger partial charge in [0, 0.05) is 19.0 Å². The van der Waals surface area contributed by atoms with Gasteiger partial charge in [-0.1, -0.05) is 0 Å². The predicted octanol–water partition coefficient (Wildman–Crippen LogP) is -0.0712. The van der Waals surface area contributed by atoms with Crippen LogP contribution < -0.4 is 0 Å². The fraction of sp³-hybridized carbons (Fsp3) is 1.00. The van der Waals surface area contributed by atoms with E-state index in [-0.39, 0.29) is 6.10 Å². The van der Waals surface area contributed by atoms with E-state index in [0.29, 0.717) is 5.92 Å². The molecule has 0 spiro atoms. The molecule has 0 aromatic rings. The summed E-state index contributed by atoms with van der Waals surface area (Å²) in [6.07, 6.45) is 1.08. The molecule has 0 aromatic heterocycles. The van der Waals surface area contributed by atoms with Gasteiger partial charge in [-0.3, -0.25) is 0 Å². The number of fused-ring (bicyclic) bond motifs is 1. The lowest BCUT2D eigenvalue weighted by atomic mass is 9.74. The monoisotopic (exact) mass is 127 g/mol. The maximum Gasteiger partial charge on any atom is 0.0587 e. The number of aliphatic hydroxyl groups is 1. The molecule has 1 aliphatic heterocycles. The molecule has 1 saturated heterocycles. The van der Waals surface area contributed by atoms with Gasteiger partial charge < -0.3 is 10.0 Å². The number of likely N-dealkylation sites (tertiary alicyclic amines) is 1. The van der Waals surface area contributed by atoms with Crippen LogP contribution in [0, 0.1) is 11.8 Å². The standard InChI is InChI=1S/C7H13NO/c1-8-3-5-2-7(9)6(5)4-8/h5-7,9H,2-4H2,1H3/t5?,6?,7-/m1/s1. The molecule has 3 atom stereocenters. The fourth-order valence-corrected chi connectivity index (χ4v) is 2.09. The van der Waals surface area contributed by atoms with E-state index < -0.39 is 0 Å². The van der Waals surface area contributed by atoms with E-state index >= 15 is 0 Å². The fourth-order valence-electron chi connectivity index (χ4n) is 2.09. The minimum atomic E-state index is 0.0277. The van der Waals surface area contributed by atoms with Crippen LogP contribution in [0.2, 0.25) is 0 Å². The van der Waals surface area contributed by atoms with Crippen LogP contribution >= 0.6 is 0 Å². The van der Waals surface area contributed by atoms with Crippen LogP contribution in [-0.4, -0.2) is 36.2 Å². The normalized spacial score (nSPS) is 50.7. The Labute approximate surface area is 55.5 Å². The zero-order valence-electron chi connectivity index (χ0n) is 5.75. The first-order valence-electron chi connectivity index (χ1n) is 3.64. The molecule has 2 aliphatic rings. The molecule has 2 fully saturated rings. The second-order valence-electron chi connectivity index (χ2n) is 3.45. The summed E-state index contributed by atoms with van der Waals surface area (Å²) in [5.74, 6) is 1.44. The van der Waals surface area contributed by atoms with Crippen LogP contribution in [0.15, 0.2) is 0 Å². The molecule has 0 bridgehead atoms. The summed E-state index contributed by atoms with van der Waals surface area (Å²) in [7, 11) is 2.13. The lowest BCUT2D eigenvalue weighted by Crippen LogP contribution is -2.39. The molecule has 2 unspecified atom stereocenters. The SMILES string of the molecule is CN1CC2C[C@@H](O)C2C1. The van der Waals surface area contributed by atoms with Gasteiger partial charge in [-0.2, -0.15) is 0 Å². The highest BCUT2D eigenvalue weighted by atomic mass is 16.3. The number of aliphatic hydroxyl groups excluding tert-OH is 1. The molecule has 0 radical (unpaired) electrons. The van der Waals surface area contributed by atoms with Crippen molar-refractivity contribution in [2.24, 2.45) is 11.8 Å². The van der Waals surface area contributed by atoms with Crippen LogP contribution in [0.5, 0.6) is 0 Å². The molecule has 0 aromatic carbocycles. The summed E-state index contributed by atoms with van der Waals surface area (Å²) in [5.41, 5.74) is 0. The zero-order chi connectivity index (χ0) is 6.43. The minimum Gasteiger partial charge on any atom is -0.393 e. The lowest BCUT2D eigenvalue weighted by molar-refractivity contribution is -0.00427. The number of rotatable bonds is 0. The number of hydrogen-bond acceptors (Lipinski definition) is 2. The van der Waals surface area contributed by atoms with Gasteiger partial charge in [-0.05, 0) is 19.4 Å². The molecule has 52 valence electrons.